The van der Waals surface area contributed by atoms with Crippen molar-refractivity contribution in [3.63, 3.8) is 0 Å². The highest BCUT2D eigenvalue weighted by Gasteiger charge is 2.23. The van der Waals surface area contributed by atoms with Crippen LogP contribution in [-0.2, 0) is 9.53 Å². The molecule has 3 nitrogen and oxygen atoms in total. The zero-order valence-electron chi connectivity index (χ0n) is 9.26. The molecular formula is C13H17NO2. The van der Waals surface area contributed by atoms with E-state index < -0.39 is 0 Å². The summed E-state index contributed by atoms with van der Waals surface area (Å²) >= 11 is 0. The summed E-state index contributed by atoms with van der Waals surface area (Å²) < 4.78 is 5.14. The molecule has 3 heteroatoms. The molecule has 1 aromatic rings. The minimum atomic E-state index is -0.257. The lowest BCUT2D eigenvalue weighted by atomic mass is 10.1. The summed E-state index contributed by atoms with van der Waals surface area (Å²) in [6.07, 6.45) is 2.65. The number of rotatable bonds is 5. The first-order chi connectivity index (χ1) is 7.75. The predicted molar refractivity (Wildman–Crippen MR) is 61.7 cm³/mol. The molecule has 16 heavy (non-hydrogen) atoms. The van der Waals surface area contributed by atoms with Crippen LogP contribution in [0.15, 0.2) is 30.3 Å². The van der Waals surface area contributed by atoms with E-state index in [-0.39, 0.29) is 18.4 Å². The molecule has 0 radical (unpaired) electrons. The van der Waals surface area contributed by atoms with E-state index in [9.17, 15) is 4.79 Å². The molecule has 0 aliphatic heterocycles. The number of benzene rings is 1. The first-order valence-corrected chi connectivity index (χ1v) is 5.72. The molecule has 0 heterocycles. The average Bonchev–Trinajstić information content (AvgIpc) is 3.11. The van der Waals surface area contributed by atoms with Crippen molar-refractivity contribution in [2.45, 2.75) is 25.3 Å². The van der Waals surface area contributed by atoms with Gasteiger partial charge in [0, 0.05) is 6.04 Å². The summed E-state index contributed by atoms with van der Waals surface area (Å²) in [6.45, 7) is 0.570. The maximum Gasteiger partial charge on any atom is 0.307 e. The Bertz CT molecular complexity index is 346. The first kappa shape index (κ1) is 11.1. The number of esters is 1. The number of carbonyl (C=O) groups is 1. The maximum atomic E-state index is 11.5. The Labute approximate surface area is 95.6 Å². The Morgan fingerprint density at radius 3 is 2.69 bits per heavy atom. The highest BCUT2D eigenvalue weighted by molar-refractivity contribution is 5.70. The molecular weight excluding hydrogens is 202 g/mol. The molecule has 1 aliphatic carbocycles. The zero-order chi connectivity index (χ0) is 11.4. The van der Waals surface area contributed by atoms with Crippen molar-refractivity contribution in [3.8, 4) is 0 Å². The van der Waals surface area contributed by atoms with Gasteiger partial charge in [0.2, 0.25) is 0 Å². The van der Waals surface area contributed by atoms with Crippen LogP contribution < -0.4 is 5.73 Å². The van der Waals surface area contributed by atoms with Crippen molar-refractivity contribution in [1.82, 2.24) is 0 Å². The third kappa shape index (κ3) is 3.35. The van der Waals surface area contributed by atoms with E-state index in [0.717, 1.165) is 5.56 Å². The van der Waals surface area contributed by atoms with Crippen LogP contribution in [-0.4, -0.2) is 12.6 Å². The van der Waals surface area contributed by atoms with E-state index in [2.05, 4.69) is 0 Å². The fourth-order valence-electron chi connectivity index (χ4n) is 1.55. The van der Waals surface area contributed by atoms with Crippen molar-refractivity contribution in [1.29, 1.82) is 0 Å². The van der Waals surface area contributed by atoms with Gasteiger partial charge >= 0.3 is 5.97 Å². The van der Waals surface area contributed by atoms with Crippen molar-refractivity contribution < 1.29 is 9.53 Å². The molecule has 1 atom stereocenters. The van der Waals surface area contributed by atoms with Crippen LogP contribution in [0.3, 0.4) is 0 Å². The minimum Gasteiger partial charge on any atom is -0.465 e. The number of carbonyl (C=O) groups excluding carboxylic acids is 1. The highest BCUT2D eigenvalue weighted by atomic mass is 16.5. The summed E-state index contributed by atoms with van der Waals surface area (Å²) in [7, 11) is 0. The molecule has 1 aliphatic rings. The molecule has 1 saturated carbocycles. The van der Waals surface area contributed by atoms with E-state index in [1.807, 2.05) is 30.3 Å². The van der Waals surface area contributed by atoms with Crippen LogP contribution in [0, 0.1) is 5.92 Å². The number of nitrogens with two attached hydrogens (primary N) is 1. The lowest BCUT2D eigenvalue weighted by molar-refractivity contribution is -0.144. The van der Waals surface area contributed by atoms with Crippen LogP contribution in [0.5, 0.6) is 0 Å². The Balaban J connectivity index is 1.77. The van der Waals surface area contributed by atoms with Gasteiger partial charge in [0.15, 0.2) is 0 Å². The predicted octanol–water partition coefficient (Wildman–Crippen LogP) is 2.03. The molecule has 1 aromatic carbocycles. The summed E-state index contributed by atoms with van der Waals surface area (Å²) in [6, 6.07) is 9.38. The van der Waals surface area contributed by atoms with Crippen LogP contribution in [0.4, 0.5) is 0 Å². The Morgan fingerprint density at radius 1 is 1.38 bits per heavy atom. The van der Waals surface area contributed by atoms with Crippen LogP contribution in [0.1, 0.15) is 30.9 Å². The Morgan fingerprint density at radius 2 is 2.06 bits per heavy atom. The quantitative estimate of drug-likeness (QED) is 0.771. The van der Waals surface area contributed by atoms with Gasteiger partial charge in [-0.05, 0) is 24.3 Å². The minimum absolute atomic E-state index is 0.191. The van der Waals surface area contributed by atoms with Gasteiger partial charge in [-0.25, -0.2) is 0 Å². The topological polar surface area (TPSA) is 52.3 Å². The SMILES string of the molecule is NC(CC(=O)OCC1CC1)c1ccccc1. The standard InChI is InChI=1S/C13H17NO2/c14-12(11-4-2-1-3-5-11)8-13(15)16-9-10-6-7-10/h1-5,10,12H,6-9,14H2. The molecule has 0 saturated heterocycles. The summed E-state index contributed by atoms with van der Waals surface area (Å²) in [5, 5.41) is 0. The fraction of sp³-hybridized carbons (Fsp3) is 0.462. The van der Waals surface area contributed by atoms with Crippen molar-refractivity contribution in [3.05, 3.63) is 35.9 Å². The molecule has 2 N–H and O–H groups in total. The molecule has 1 fully saturated rings. The van der Waals surface area contributed by atoms with E-state index in [1.165, 1.54) is 12.8 Å². The smallest absolute Gasteiger partial charge is 0.307 e. The van der Waals surface area contributed by atoms with Gasteiger partial charge in [0.05, 0.1) is 13.0 Å². The van der Waals surface area contributed by atoms with Gasteiger partial charge in [-0.1, -0.05) is 30.3 Å². The second kappa shape index (κ2) is 5.12. The third-order valence-corrected chi connectivity index (χ3v) is 2.79. The average molecular weight is 219 g/mol. The van der Waals surface area contributed by atoms with Crippen LogP contribution in [0.2, 0.25) is 0 Å². The molecule has 2 rings (SSSR count). The van der Waals surface area contributed by atoms with Crippen molar-refractivity contribution in [2.24, 2.45) is 11.7 Å². The number of ether oxygens (including phenoxy) is 1. The maximum absolute atomic E-state index is 11.5. The second-order valence-corrected chi connectivity index (χ2v) is 4.35. The number of hydrogen-bond acceptors (Lipinski definition) is 3. The van der Waals surface area contributed by atoms with Gasteiger partial charge in [0.1, 0.15) is 0 Å². The van der Waals surface area contributed by atoms with Gasteiger partial charge in [-0.2, -0.15) is 0 Å². The van der Waals surface area contributed by atoms with E-state index in [4.69, 9.17) is 10.5 Å². The third-order valence-electron chi connectivity index (χ3n) is 2.79. The van der Waals surface area contributed by atoms with Crippen LogP contribution in [0.25, 0.3) is 0 Å². The van der Waals surface area contributed by atoms with Gasteiger partial charge in [0.25, 0.3) is 0 Å². The van der Waals surface area contributed by atoms with Gasteiger partial charge in [-0.3, -0.25) is 4.79 Å². The van der Waals surface area contributed by atoms with Gasteiger partial charge < -0.3 is 10.5 Å². The van der Waals surface area contributed by atoms with Crippen molar-refractivity contribution in [2.75, 3.05) is 6.61 Å². The lowest BCUT2D eigenvalue weighted by Crippen LogP contribution is -2.17. The van der Waals surface area contributed by atoms with E-state index in [1.54, 1.807) is 0 Å². The van der Waals surface area contributed by atoms with Crippen molar-refractivity contribution >= 4 is 5.97 Å². The molecule has 0 spiro atoms. The molecule has 86 valence electrons. The largest absolute Gasteiger partial charge is 0.465 e. The summed E-state index contributed by atoms with van der Waals surface area (Å²) in [5.41, 5.74) is 6.89. The van der Waals surface area contributed by atoms with Gasteiger partial charge in [-0.15, -0.1) is 0 Å². The normalized spacial score (nSPS) is 16.8. The molecule has 0 bridgehead atoms. The summed E-state index contributed by atoms with van der Waals surface area (Å²) in [4.78, 5) is 11.5. The summed E-state index contributed by atoms with van der Waals surface area (Å²) in [5.74, 6) is 0.417. The number of hydrogen-bond donors (Lipinski definition) is 1. The monoisotopic (exact) mass is 219 g/mol. The lowest BCUT2D eigenvalue weighted by Gasteiger charge is -2.11. The zero-order valence-corrected chi connectivity index (χ0v) is 9.26. The Hall–Kier alpha value is -1.35. The Kier molecular flexibility index (Phi) is 3.57. The fourth-order valence-corrected chi connectivity index (χ4v) is 1.55. The van der Waals surface area contributed by atoms with E-state index in [0.29, 0.717) is 12.5 Å². The first-order valence-electron chi connectivity index (χ1n) is 5.72. The molecule has 0 aromatic heterocycles. The van der Waals surface area contributed by atoms with Crippen LogP contribution >= 0.6 is 0 Å². The van der Waals surface area contributed by atoms with E-state index >= 15 is 0 Å². The molecule has 1 unspecified atom stereocenters. The second-order valence-electron chi connectivity index (χ2n) is 4.35. The molecule has 0 amide bonds. The highest BCUT2D eigenvalue weighted by Crippen LogP contribution is 2.29.